The first kappa shape index (κ1) is 15.4. The van der Waals surface area contributed by atoms with Gasteiger partial charge in [0.1, 0.15) is 0 Å². The molecule has 1 fully saturated rings. The molecular formula is C13H20N2O4S. The number of hydrogen-bond donors (Lipinski definition) is 2. The standard InChI is InChI=1S/C13H20N2O4S/c1-10(14)11-2-4-13(5-3-11)20(17,18)15-6-7-19-9-12(15)8-16/h2-5,10,12,16H,6-9,14H2,1H3. The molecule has 1 aliphatic rings. The van der Waals surface area contributed by atoms with Crippen molar-refractivity contribution in [2.24, 2.45) is 5.73 Å². The van der Waals surface area contributed by atoms with Crippen molar-refractivity contribution in [3.63, 3.8) is 0 Å². The number of sulfonamides is 1. The van der Waals surface area contributed by atoms with E-state index in [2.05, 4.69) is 0 Å². The van der Waals surface area contributed by atoms with Crippen LogP contribution in [0.3, 0.4) is 0 Å². The van der Waals surface area contributed by atoms with Gasteiger partial charge >= 0.3 is 0 Å². The van der Waals surface area contributed by atoms with E-state index in [4.69, 9.17) is 10.5 Å². The predicted molar refractivity (Wildman–Crippen MR) is 74.6 cm³/mol. The molecule has 2 unspecified atom stereocenters. The lowest BCUT2D eigenvalue weighted by Crippen LogP contribution is -2.50. The highest BCUT2D eigenvalue weighted by atomic mass is 32.2. The minimum atomic E-state index is -3.61. The zero-order valence-corrected chi connectivity index (χ0v) is 12.2. The maximum atomic E-state index is 12.6. The molecular weight excluding hydrogens is 280 g/mol. The summed E-state index contributed by atoms with van der Waals surface area (Å²) in [5, 5.41) is 9.29. The van der Waals surface area contributed by atoms with Crippen molar-refractivity contribution in [3.8, 4) is 0 Å². The lowest BCUT2D eigenvalue weighted by Gasteiger charge is -2.33. The fraction of sp³-hybridized carbons (Fsp3) is 0.538. The molecule has 2 rings (SSSR count). The van der Waals surface area contributed by atoms with Gasteiger partial charge in [-0.2, -0.15) is 4.31 Å². The smallest absolute Gasteiger partial charge is 0.243 e. The van der Waals surface area contributed by atoms with Crippen LogP contribution in [0.2, 0.25) is 0 Å². The first-order chi connectivity index (χ1) is 9.46. The third-order valence-corrected chi connectivity index (χ3v) is 5.36. The molecule has 2 atom stereocenters. The first-order valence-electron chi connectivity index (χ1n) is 6.53. The molecule has 20 heavy (non-hydrogen) atoms. The average molecular weight is 300 g/mol. The molecule has 1 aromatic rings. The Morgan fingerprint density at radius 2 is 2.10 bits per heavy atom. The van der Waals surface area contributed by atoms with Gasteiger partial charge < -0.3 is 15.6 Å². The van der Waals surface area contributed by atoms with Gasteiger partial charge in [0.05, 0.1) is 30.8 Å². The van der Waals surface area contributed by atoms with Gasteiger partial charge in [-0.1, -0.05) is 12.1 Å². The largest absolute Gasteiger partial charge is 0.395 e. The summed E-state index contributed by atoms with van der Waals surface area (Å²) in [5.41, 5.74) is 6.63. The van der Waals surface area contributed by atoms with Crippen molar-refractivity contribution >= 4 is 10.0 Å². The number of ether oxygens (including phenoxy) is 1. The van der Waals surface area contributed by atoms with Crippen LogP contribution in [0.15, 0.2) is 29.2 Å². The Morgan fingerprint density at radius 1 is 1.45 bits per heavy atom. The van der Waals surface area contributed by atoms with Crippen LogP contribution in [0.4, 0.5) is 0 Å². The first-order valence-corrected chi connectivity index (χ1v) is 7.97. The summed E-state index contributed by atoms with van der Waals surface area (Å²) < 4.78 is 31.6. The molecule has 1 aromatic carbocycles. The van der Waals surface area contributed by atoms with Gasteiger partial charge in [0.2, 0.25) is 10.0 Å². The third kappa shape index (κ3) is 3.02. The number of aliphatic hydroxyl groups is 1. The van der Waals surface area contributed by atoms with Crippen molar-refractivity contribution in [1.82, 2.24) is 4.31 Å². The molecule has 0 amide bonds. The molecule has 0 aliphatic carbocycles. The Hall–Kier alpha value is -0.990. The second-order valence-corrected chi connectivity index (χ2v) is 6.78. The van der Waals surface area contributed by atoms with E-state index < -0.39 is 16.1 Å². The maximum absolute atomic E-state index is 12.6. The molecule has 7 heteroatoms. The van der Waals surface area contributed by atoms with Gasteiger partial charge in [-0.05, 0) is 24.6 Å². The van der Waals surface area contributed by atoms with Crippen LogP contribution in [0, 0.1) is 0 Å². The molecule has 0 aromatic heterocycles. The predicted octanol–water partition coefficient (Wildman–Crippen LogP) is 0.0881. The van der Waals surface area contributed by atoms with Crippen LogP contribution in [-0.4, -0.2) is 50.2 Å². The monoisotopic (exact) mass is 300 g/mol. The Bertz CT molecular complexity index is 542. The molecule has 6 nitrogen and oxygen atoms in total. The van der Waals surface area contributed by atoms with E-state index in [1.807, 2.05) is 6.92 Å². The lowest BCUT2D eigenvalue weighted by atomic mass is 10.1. The van der Waals surface area contributed by atoms with E-state index in [9.17, 15) is 13.5 Å². The second-order valence-electron chi connectivity index (χ2n) is 4.88. The number of rotatable bonds is 4. The molecule has 0 bridgehead atoms. The van der Waals surface area contributed by atoms with Crippen LogP contribution in [-0.2, 0) is 14.8 Å². The number of nitrogens with zero attached hydrogens (tertiary/aromatic N) is 1. The zero-order valence-electron chi connectivity index (χ0n) is 11.4. The fourth-order valence-electron chi connectivity index (χ4n) is 2.18. The Kier molecular flexibility index (Phi) is 4.77. The highest BCUT2D eigenvalue weighted by Gasteiger charge is 2.33. The Morgan fingerprint density at radius 3 is 2.65 bits per heavy atom. The van der Waals surface area contributed by atoms with E-state index in [1.165, 1.54) is 4.31 Å². The van der Waals surface area contributed by atoms with E-state index in [-0.39, 0.29) is 30.7 Å². The Balaban J connectivity index is 2.29. The number of hydrogen-bond acceptors (Lipinski definition) is 5. The quantitative estimate of drug-likeness (QED) is 0.822. The summed E-state index contributed by atoms with van der Waals surface area (Å²) in [5.74, 6) is 0. The van der Waals surface area contributed by atoms with Crippen LogP contribution >= 0.6 is 0 Å². The van der Waals surface area contributed by atoms with E-state index >= 15 is 0 Å². The normalized spacial score (nSPS) is 22.6. The second kappa shape index (κ2) is 6.19. The van der Waals surface area contributed by atoms with E-state index in [0.717, 1.165) is 5.56 Å². The topological polar surface area (TPSA) is 92.9 Å². The number of benzene rings is 1. The van der Waals surface area contributed by atoms with Crippen LogP contribution in [0.5, 0.6) is 0 Å². The highest BCUT2D eigenvalue weighted by molar-refractivity contribution is 7.89. The lowest BCUT2D eigenvalue weighted by molar-refractivity contribution is 0.0109. The van der Waals surface area contributed by atoms with Crippen molar-refractivity contribution in [2.45, 2.75) is 23.9 Å². The summed E-state index contributed by atoms with van der Waals surface area (Å²) in [6, 6.07) is 5.87. The molecule has 3 N–H and O–H groups in total. The van der Waals surface area contributed by atoms with Crippen LogP contribution in [0.25, 0.3) is 0 Å². The molecule has 1 aliphatic heterocycles. The van der Waals surface area contributed by atoms with Crippen molar-refractivity contribution in [3.05, 3.63) is 29.8 Å². The van der Waals surface area contributed by atoms with Gasteiger partial charge in [0, 0.05) is 12.6 Å². The van der Waals surface area contributed by atoms with Gasteiger partial charge in [-0.25, -0.2) is 8.42 Å². The molecule has 0 radical (unpaired) electrons. The summed E-state index contributed by atoms with van der Waals surface area (Å²) in [6.07, 6.45) is 0. The summed E-state index contributed by atoms with van der Waals surface area (Å²) in [7, 11) is -3.61. The third-order valence-electron chi connectivity index (χ3n) is 3.40. The summed E-state index contributed by atoms with van der Waals surface area (Å²) in [6.45, 7) is 2.40. The van der Waals surface area contributed by atoms with Gasteiger partial charge in [0.15, 0.2) is 0 Å². The summed E-state index contributed by atoms with van der Waals surface area (Å²) >= 11 is 0. The zero-order chi connectivity index (χ0) is 14.8. The van der Waals surface area contributed by atoms with Gasteiger partial charge in [-0.15, -0.1) is 0 Å². The summed E-state index contributed by atoms with van der Waals surface area (Å²) in [4.78, 5) is 0.210. The number of nitrogens with two attached hydrogens (primary N) is 1. The van der Waals surface area contributed by atoms with Gasteiger partial charge in [0.25, 0.3) is 0 Å². The molecule has 0 saturated carbocycles. The van der Waals surface area contributed by atoms with Crippen molar-refractivity contribution in [1.29, 1.82) is 0 Å². The van der Waals surface area contributed by atoms with Crippen molar-refractivity contribution < 1.29 is 18.3 Å². The molecule has 0 spiro atoms. The van der Waals surface area contributed by atoms with E-state index in [1.54, 1.807) is 24.3 Å². The van der Waals surface area contributed by atoms with Crippen molar-refractivity contribution in [2.75, 3.05) is 26.4 Å². The Labute approximate surface area is 119 Å². The average Bonchev–Trinajstić information content (AvgIpc) is 2.47. The minimum Gasteiger partial charge on any atom is -0.395 e. The van der Waals surface area contributed by atoms with Gasteiger partial charge in [-0.3, -0.25) is 0 Å². The van der Waals surface area contributed by atoms with Crippen LogP contribution < -0.4 is 5.73 Å². The number of morpholine rings is 1. The number of aliphatic hydroxyl groups excluding tert-OH is 1. The van der Waals surface area contributed by atoms with Crippen LogP contribution in [0.1, 0.15) is 18.5 Å². The SMILES string of the molecule is CC(N)c1ccc(S(=O)(=O)N2CCOCC2CO)cc1. The molecule has 1 saturated heterocycles. The minimum absolute atomic E-state index is 0.139. The van der Waals surface area contributed by atoms with E-state index in [0.29, 0.717) is 6.61 Å². The molecule has 112 valence electrons. The molecule has 1 heterocycles. The maximum Gasteiger partial charge on any atom is 0.243 e. The fourth-order valence-corrected chi connectivity index (χ4v) is 3.76. The highest BCUT2D eigenvalue weighted by Crippen LogP contribution is 2.22.